The molecule has 0 bridgehead atoms. The molecule has 122 valence electrons. The first-order valence-corrected chi connectivity index (χ1v) is 7.60. The third-order valence-corrected chi connectivity index (χ3v) is 3.39. The lowest BCUT2D eigenvalue weighted by molar-refractivity contribution is 0.111. The van der Waals surface area contributed by atoms with Crippen molar-refractivity contribution in [3.63, 3.8) is 0 Å². The number of ether oxygens (including phenoxy) is 2. The highest BCUT2D eigenvalue weighted by Gasteiger charge is 2.04. The van der Waals surface area contributed by atoms with Crippen LogP contribution in [0.3, 0.4) is 0 Å². The summed E-state index contributed by atoms with van der Waals surface area (Å²) in [4.78, 5) is 21.8. The zero-order chi connectivity index (χ0) is 17.4. The Morgan fingerprint density at radius 2 is 1.21 bits per heavy atom. The van der Waals surface area contributed by atoms with E-state index in [2.05, 4.69) is 11.8 Å². The van der Waals surface area contributed by atoms with Crippen molar-refractivity contribution in [2.24, 2.45) is 0 Å². The molecule has 4 nitrogen and oxygen atoms in total. The average molecular weight is 363 g/mol. The molecule has 0 radical (unpaired) electrons. The van der Waals surface area contributed by atoms with E-state index >= 15 is 0 Å². The minimum atomic E-state index is 0.0903. The van der Waals surface area contributed by atoms with E-state index in [9.17, 15) is 9.59 Å². The number of aldehydes is 2. The van der Waals surface area contributed by atoms with Gasteiger partial charge in [-0.2, -0.15) is 0 Å². The highest BCUT2D eigenvalue weighted by Crippen LogP contribution is 2.22. The number of carbonyl (C=O) groups is 2. The van der Waals surface area contributed by atoms with Crippen molar-refractivity contribution in [2.45, 2.75) is 0 Å². The lowest BCUT2D eigenvalue weighted by Gasteiger charge is -2.06. The molecule has 0 N–H and O–H groups in total. The molecule has 0 aliphatic heterocycles. The number of carbonyl (C=O) groups excluding carboxylic acids is 2. The van der Waals surface area contributed by atoms with Crippen LogP contribution in [0.2, 0.25) is 10.0 Å². The van der Waals surface area contributed by atoms with Crippen LogP contribution in [0.15, 0.2) is 36.4 Å². The Morgan fingerprint density at radius 1 is 0.792 bits per heavy atom. The standard InChI is InChI=1S/C18H12Cl2O4/c19-15-3-5-17(13(9-15)11-21)23-7-1-2-8-24-18-6-4-16(20)10-14(18)12-22/h3-6,9-12H,7-8H2. The van der Waals surface area contributed by atoms with E-state index in [0.29, 0.717) is 45.2 Å². The second-order valence-electron chi connectivity index (χ2n) is 4.53. The van der Waals surface area contributed by atoms with Crippen molar-refractivity contribution in [1.29, 1.82) is 0 Å². The van der Waals surface area contributed by atoms with Gasteiger partial charge in [0.05, 0.1) is 11.1 Å². The van der Waals surface area contributed by atoms with E-state index in [0.717, 1.165) is 0 Å². The smallest absolute Gasteiger partial charge is 0.153 e. The Kier molecular flexibility index (Phi) is 6.68. The van der Waals surface area contributed by atoms with Crippen molar-refractivity contribution >= 4 is 35.8 Å². The highest BCUT2D eigenvalue weighted by molar-refractivity contribution is 6.31. The maximum absolute atomic E-state index is 10.9. The molecule has 0 aliphatic carbocycles. The molecule has 0 saturated carbocycles. The Balaban J connectivity index is 1.87. The molecule has 0 aromatic heterocycles. The molecule has 0 spiro atoms. The fourth-order valence-electron chi connectivity index (χ4n) is 1.82. The van der Waals surface area contributed by atoms with Crippen LogP contribution in [0, 0.1) is 11.8 Å². The van der Waals surface area contributed by atoms with E-state index < -0.39 is 0 Å². The summed E-state index contributed by atoms with van der Waals surface area (Å²) in [5, 5.41) is 0.913. The first-order valence-electron chi connectivity index (χ1n) is 6.85. The molecule has 0 unspecified atom stereocenters. The predicted molar refractivity (Wildman–Crippen MR) is 92.4 cm³/mol. The topological polar surface area (TPSA) is 52.6 Å². The first-order chi connectivity index (χ1) is 11.6. The van der Waals surface area contributed by atoms with Crippen LogP contribution in [0.4, 0.5) is 0 Å². The Hall–Kier alpha value is -2.48. The number of benzene rings is 2. The molecule has 0 saturated heterocycles. The summed E-state index contributed by atoms with van der Waals surface area (Å²) in [7, 11) is 0. The molecule has 0 heterocycles. The molecule has 2 aromatic rings. The number of rotatable bonds is 6. The van der Waals surface area contributed by atoms with Crippen molar-refractivity contribution in [3.05, 3.63) is 57.6 Å². The highest BCUT2D eigenvalue weighted by atomic mass is 35.5. The van der Waals surface area contributed by atoms with Crippen LogP contribution in [0.1, 0.15) is 20.7 Å². The average Bonchev–Trinajstić information content (AvgIpc) is 2.59. The minimum Gasteiger partial charge on any atom is -0.480 e. The first kappa shape index (κ1) is 17.9. The molecule has 2 rings (SSSR count). The normalized spacial score (nSPS) is 9.58. The minimum absolute atomic E-state index is 0.0903. The maximum atomic E-state index is 10.9. The summed E-state index contributed by atoms with van der Waals surface area (Å²) < 4.78 is 10.8. The summed E-state index contributed by atoms with van der Waals surface area (Å²) in [6, 6.07) is 9.50. The third-order valence-electron chi connectivity index (χ3n) is 2.92. The van der Waals surface area contributed by atoms with E-state index in [-0.39, 0.29) is 13.2 Å². The SMILES string of the molecule is O=Cc1cc(Cl)ccc1OCC#CCOc1ccc(Cl)cc1C=O. The van der Waals surface area contributed by atoms with Gasteiger partial charge in [0, 0.05) is 10.0 Å². The van der Waals surface area contributed by atoms with Gasteiger partial charge in [0.15, 0.2) is 12.6 Å². The Bertz CT molecular complexity index is 741. The van der Waals surface area contributed by atoms with Crippen LogP contribution < -0.4 is 9.47 Å². The van der Waals surface area contributed by atoms with Crippen molar-refractivity contribution in [3.8, 4) is 23.3 Å². The fourth-order valence-corrected chi connectivity index (χ4v) is 2.18. The van der Waals surface area contributed by atoms with Crippen LogP contribution in [0.25, 0.3) is 0 Å². The summed E-state index contributed by atoms with van der Waals surface area (Å²) in [5.41, 5.74) is 0.717. The second-order valence-corrected chi connectivity index (χ2v) is 5.40. The summed E-state index contributed by atoms with van der Waals surface area (Å²) in [6.45, 7) is 0.181. The zero-order valence-electron chi connectivity index (χ0n) is 12.4. The van der Waals surface area contributed by atoms with E-state index in [1.165, 1.54) is 12.1 Å². The van der Waals surface area contributed by atoms with Gasteiger partial charge >= 0.3 is 0 Å². The molecule has 0 fully saturated rings. The predicted octanol–water partition coefficient (Wildman–Crippen LogP) is 4.08. The zero-order valence-corrected chi connectivity index (χ0v) is 13.9. The van der Waals surface area contributed by atoms with Gasteiger partial charge in [-0.1, -0.05) is 35.0 Å². The number of hydrogen-bond acceptors (Lipinski definition) is 4. The Labute approximate surface area is 149 Å². The van der Waals surface area contributed by atoms with Gasteiger partial charge in [-0.3, -0.25) is 9.59 Å². The lowest BCUT2D eigenvalue weighted by atomic mass is 10.2. The van der Waals surface area contributed by atoms with Gasteiger partial charge in [0.25, 0.3) is 0 Å². The lowest BCUT2D eigenvalue weighted by Crippen LogP contribution is -2.00. The maximum Gasteiger partial charge on any atom is 0.153 e. The summed E-state index contributed by atoms with van der Waals surface area (Å²) >= 11 is 11.6. The van der Waals surface area contributed by atoms with Crippen LogP contribution >= 0.6 is 23.2 Å². The van der Waals surface area contributed by atoms with Crippen molar-refractivity contribution in [1.82, 2.24) is 0 Å². The fraction of sp³-hybridized carbons (Fsp3) is 0.111. The van der Waals surface area contributed by atoms with Crippen LogP contribution in [-0.2, 0) is 0 Å². The van der Waals surface area contributed by atoms with Crippen molar-refractivity contribution < 1.29 is 19.1 Å². The molecular weight excluding hydrogens is 351 g/mol. The molecule has 0 amide bonds. The molecule has 0 atom stereocenters. The van der Waals surface area contributed by atoms with Gasteiger partial charge in [-0.25, -0.2) is 0 Å². The summed E-state index contributed by atoms with van der Waals surface area (Å²) in [5.74, 6) is 6.33. The largest absolute Gasteiger partial charge is 0.480 e. The second kappa shape index (κ2) is 8.97. The monoisotopic (exact) mass is 362 g/mol. The quantitative estimate of drug-likeness (QED) is 0.573. The molecule has 0 aliphatic rings. The van der Waals surface area contributed by atoms with Gasteiger partial charge in [0.1, 0.15) is 24.7 Å². The molecule has 6 heteroatoms. The third kappa shape index (κ3) is 5.02. The summed E-state index contributed by atoms with van der Waals surface area (Å²) in [6.07, 6.45) is 1.33. The van der Waals surface area contributed by atoms with Crippen LogP contribution in [0.5, 0.6) is 11.5 Å². The van der Waals surface area contributed by atoms with E-state index in [1.807, 2.05) is 0 Å². The molecule has 2 aromatic carbocycles. The van der Waals surface area contributed by atoms with E-state index in [1.54, 1.807) is 24.3 Å². The number of halogens is 2. The van der Waals surface area contributed by atoms with Gasteiger partial charge in [-0.15, -0.1) is 0 Å². The molecule has 24 heavy (non-hydrogen) atoms. The van der Waals surface area contributed by atoms with Gasteiger partial charge in [-0.05, 0) is 36.4 Å². The van der Waals surface area contributed by atoms with E-state index in [4.69, 9.17) is 32.7 Å². The Morgan fingerprint density at radius 3 is 1.58 bits per heavy atom. The molecular formula is C18H12Cl2O4. The number of hydrogen-bond donors (Lipinski definition) is 0. The van der Waals surface area contributed by atoms with Gasteiger partial charge < -0.3 is 9.47 Å². The van der Waals surface area contributed by atoms with Crippen molar-refractivity contribution in [2.75, 3.05) is 13.2 Å². The van der Waals surface area contributed by atoms with Crippen LogP contribution in [-0.4, -0.2) is 25.8 Å². The van der Waals surface area contributed by atoms with Gasteiger partial charge in [0.2, 0.25) is 0 Å².